The molecule has 2 fully saturated rings. The molecule has 2 aliphatic rings. The molecule has 0 aliphatic carbocycles. The van der Waals surface area contributed by atoms with Crippen molar-refractivity contribution in [3.8, 4) is 0 Å². The van der Waals surface area contributed by atoms with Gasteiger partial charge in [-0.05, 0) is 50.5 Å². The molecule has 2 N–H and O–H groups in total. The maximum Gasteiger partial charge on any atom is 0.344 e. The Morgan fingerprint density at radius 2 is 1.81 bits per heavy atom. The molecule has 3 rings (SSSR count). The van der Waals surface area contributed by atoms with E-state index in [4.69, 9.17) is 4.74 Å². The number of likely N-dealkylation sites (tertiary alicyclic amines) is 1. The standard InChI is InChI=1S/C21H25FN4O6/c1-3-21(2)19(30)26(20(31)23-21)24-16(27)12-32-18(29)14-8-10-25(11-9-14)17(28)13-4-6-15(22)7-5-13/h4-7,14H,3,8-12H2,1-2H3,(H,23,31)(H,24,27). The van der Waals surface area contributed by atoms with Crippen LogP contribution in [0.3, 0.4) is 0 Å². The van der Waals surface area contributed by atoms with Crippen LogP contribution in [0.2, 0.25) is 0 Å². The molecule has 0 saturated carbocycles. The summed E-state index contributed by atoms with van der Waals surface area (Å²) in [5.41, 5.74) is 1.41. The predicted molar refractivity (Wildman–Crippen MR) is 108 cm³/mol. The maximum atomic E-state index is 13.0. The van der Waals surface area contributed by atoms with Crippen molar-refractivity contribution in [2.75, 3.05) is 19.7 Å². The second-order valence-corrected chi connectivity index (χ2v) is 7.97. The molecule has 32 heavy (non-hydrogen) atoms. The van der Waals surface area contributed by atoms with E-state index in [1.165, 1.54) is 24.3 Å². The number of amides is 5. The summed E-state index contributed by atoms with van der Waals surface area (Å²) in [6.07, 6.45) is 1.06. The summed E-state index contributed by atoms with van der Waals surface area (Å²) in [4.78, 5) is 62.6. The zero-order valence-electron chi connectivity index (χ0n) is 17.9. The third kappa shape index (κ3) is 4.87. The Balaban J connectivity index is 1.44. The van der Waals surface area contributed by atoms with Gasteiger partial charge in [-0.3, -0.25) is 24.6 Å². The maximum absolute atomic E-state index is 13.0. The first-order chi connectivity index (χ1) is 15.1. The summed E-state index contributed by atoms with van der Waals surface area (Å²) in [6.45, 7) is 3.27. The molecule has 1 atom stereocenters. The van der Waals surface area contributed by atoms with E-state index in [0.29, 0.717) is 42.9 Å². The van der Waals surface area contributed by atoms with Crippen LogP contribution in [-0.2, 0) is 19.1 Å². The van der Waals surface area contributed by atoms with Gasteiger partial charge in [0.1, 0.15) is 11.4 Å². The lowest BCUT2D eigenvalue weighted by Gasteiger charge is -2.31. The van der Waals surface area contributed by atoms with Crippen molar-refractivity contribution in [3.05, 3.63) is 35.6 Å². The number of benzene rings is 1. The average molecular weight is 448 g/mol. The molecule has 2 saturated heterocycles. The van der Waals surface area contributed by atoms with Crippen LogP contribution in [0.4, 0.5) is 9.18 Å². The third-order valence-corrected chi connectivity index (χ3v) is 5.76. The van der Waals surface area contributed by atoms with Gasteiger partial charge in [-0.2, -0.15) is 5.01 Å². The van der Waals surface area contributed by atoms with Crippen LogP contribution >= 0.6 is 0 Å². The number of urea groups is 1. The lowest BCUT2D eigenvalue weighted by molar-refractivity contribution is -0.155. The lowest BCUT2D eigenvalue weighted by atomic mass is 9.96. The van der Waals surface area contributed by atoms with E-state index in [1.54, 1.807) is 18.7 Å². The number of carbonyl (C=O) groups is 5. The van der Waals surface area contributed by atoms with Crippen LogP contribution in [0.1, 0.15) is 43.5 Å². The lowest BCUT2D eigenvalue weighted by Crippen LogP contribution is -2.49. The third-order valence-electron chi connectivity index (χ3n) is 5.76. The SMILES string of the molecule is CCC1(C)NC(=O)N(NC(=O)COC(=O)C2CCN(C(=O)c3ccc(F)cc3)CC2)C1=O. The van der Waals surface area contributed by atoms with Crippen molar-refractivity contribution in [2.24, 2.45) is 5.92 Å². The van der Waals surface area contributed by atoms with Gasteiger partial charge in [0.15, 0.2) is 6.61 Å². The van der Waals surface area contributed by atoms with E-state index in [-0.39, 0.29) is 5.91 Å². The van der Waals surface area contributed by atoms with E-state index in [1.807, 2.05) is 0 Å². The normalized spacial score (nSPS) is 21.3. The number of esters is 1. The van der Waals surface area contributed by atoms with Crippen molar-refractivity contribution in [1.82, 2.24) is 20.7 Å². The van der Waals surface area contributed by atoms with Crippen LogP contribution < -0.4 is 10.7 Å². The Hall–Kier alpha value is -3.50. The summed E-state index contributed by atoms with van der Waals surface area (Å²) < 4.78 is 18.1. The highest BCUT2D eigenvalue weighted by atomic mass is 19.1. The topological polar surface area (TPSA) is 125 Å². The predicted octanol–water partition coefficient (Wildman–Crippen LogP) is 0.973. The van der Waals surface area contributed by atoms with Gasteiger partial charge in [-0.25, -0.2) is 9.18 Å². The Labute approximate surface area is 184 Å². The molecule has 1 aromatic rings. The van der Waals surface area contributed by atoms with Crippen LogP contribution in [0.25, 0.3) is 0 Å². The van der Waals surface area contributed by atoms with Gasteiger partial charge in [0.05, 0.1) is 5.92 Å². The highest BCUT2D eigenvalue weighted by molar-refractivity contribution is 6.07. The Bertz CT molecular complexity index is 929. The highest BCUT2D eigenvalue weighted by Crippen LogP contribution is 2.21. The van der Waals surface area contributed by atoms with Crippen LogP contribution in [0.15, 0.2) is 24.3 Å². The summed E-state index contributed by atoms with van der Waals surface area (Å²) in [7, 11) is 0. The summed E-state index contributed by atoms with van der Waals surface area (Å²) in [5.74, 6) is -3.16. The average Bonchev–Trinajstić information content (AvgIpc) is 3.01. The second-order valence-electron chi connectivity index (χ2n) is 7.97. The Morgan fingerprint density at radius 3 is 2.38 bits per heavy atom. The fourth-order valence-electron chi connectivity index (χ4n) is 3.53. The van der Waals surface area contributed by atoms with Crippen LogP contribution in [0, 0.1) is 11.7 Å². The van der Waals surface area contributed by atoms with Crippen molar-refractivity contribution in [1.29, 1.82) is 0 Å². The molecule has 11 heteroatoms. The van der Waals surface area contributed by atoms with Gasteiger partial charge in [0.2, 0.25) is 0 Å². The van der Waals surface area contributed by atoms with Crippen molar-refractivity contribution in [3.63, 3.8) is 0 Å². The van der Waals surface area contributed by atoms with Crippen molar-refractivity contribution in [2.45, 2.75) is 38.6 Å². The molecule has 1 aromatic carbocycles. The minimum absolute atomic E-state index is 0.246. The van der Waals surface area contributed by atoms with E-state index in [2.05, 4.69) is 10.7 Å². The number of carbonyl (C=O) groups excluding carboxylic acids is 5. The van der Waals surface area contributed by atoms with Crippen LogP contribution in [-0.4, -0.2) is 64.9 Å². The fourth-order valence-corrected chi connectivity index (χ4v) is 3.53. The number of nitrogens with one attached hydrogen (secondary N) is 2. The van der Waals surface area contributed by atoms with E-state index >= 15 is 0 Å². The zero-order valence-corrected chi connectivity index (χ0v) is 17.9. The largest absolute Gasteiger partial charge is 0.455 e. The number of nitrogens with zero attached hydrogens (tertiary/aromatic N) is 2. The number of hydrogen-bond donors (Lipinski definition) is 2. The van der Waals surface area contributed by atoms with Gasteiger partial charge < -0.3 is 15.0 Å². The van der Waals surface area contributed by atoms with Gasteiger partial charge in [0, 0.05) is 18.7 Å². The van der Waals surface area contributed by atoms with Gasteiger partial charge in [-0.15, -0.1) is 0 Å². The zero-order chi connectivity index (χ0) is 23.5. The molecule has 10 nitrogen and oxygen atoms in total. The number of hydrazine groups is 1. The number of halogens is 1. The molecule has 0 radical (unpaired) electrons. The summed E-state index contributed by atoms with van der Waals surface area (Å²) >= 11 is 0. The number of rotatable bonds is 6. The minimum atomic E-state index is -1.10. The molecular weight excluding hydrogens is 423 g/mol. The molecule has 0 bridgehead atoms. The minimum Gasteiger partial charge on any atom is -0.455 e. The molecular formula is C21H25FN4O6. The fraction of sp³-hybridized carbons (Fsp3) is 0.476. The van der Waals surface area contributed by atoms with Gasteiger partial charge in [0.25, 0.3) is 17.7 Å². The van der Waals surface area contributed by atoms with Crippen LogP contribution in [0.5, 0.6) is 0 Å². The number of ether oxygens (including phenoxy) is 1. The molecule has 5 amide bonds. The van der Waals surface area contributed by atoms with E-state index < -0.39 is 47.7 Å². The summed E-state index contributed by atoms with van der Waals surface area (Å²) in [5, 5.41) is 3.08. The Morgan fingerprint density at radius 1 is 1.19 bits per heavy atom. The molecule has 172 valence electrons. The van der Waals surface area contributed by atoms with E-state index in [9.17, 15) is 28.4 Å². The quantitative estimate of drug-likeness (QED) is 0.494. The Kier molecular flexibility index (Phi) is 6.75. The molecule has 0 spiro atoms. The molecule has 0 aromatic heterocycles. The monoisotopic (exact) mass is 448 g/mol. The second kappa shape index (κ2) is 9.33. The van der Waals surface area contributed by atoms with Crippen molar-refractivity contribution >= 4 is 29.7 Å². The van der Waals surface area contributed by atoms with Gasteiger partial charge >= 0.3 is 12.0 Å². The van der Waals surface area contributed by atoms with Crippen molar-refractivity contribution < 1.29 is 33.1 Å². The molecule has 1 unspecified atom stereocenters. The first-order valence-corrected chi connectivity index (χ1v) is 10.3. The van der Waals surface area contributed by atoms with Gasteiger partial charge in [-0.1, -0.05) is 6.92 Å². The summed E-state index contributed by atoms with van der Waals surface area (Å²) in [6, 6.07) is 4.49. The smallest absolute Gasteiger partial charge is 0.344 e. The first-order valence-electron chi connectivity index (χ1n) is 10.3. The molecule has 2 aliphatic heterocycles. The highest BCUT2D eigenvalue weighted by Gasteiger charge is 2.47. The number of hydrogen-bond acceptors (Lipinski definition) is 6. The number of imide groups is 1. The molecule has 2 heterocycles. The van der Waals surface area contributed by atoms with E-state index in [0.717, 1.165) is 0 Å². The number of piperidine rings is 1. The first kappa shape index (κ1) is 23.2.